The van der Waals surface area contributed by atoms with E-state index in [4.69, 9.17) is 21.6 Å². The van der Waals surface area contributed by atoms with Crippen LogP contribution in [-0.4, -0.2) is 29.7 Å². The number of nitro groups is 1. The van der Waals surface area contributed by atoms with Crippen molar-refractivity contribution >= 4 is 34.6 Å². The highest BCUT2D eigenvalue weighted by atomic mass is 35.5. The van der Waals surface area contributed by atoms with Gasteiger partial charge in [0.25, 0.3) is 11.6 Å². The maximum absolute atomic E-state index is 13.2. The molecule has 0 unspecified atom stereocenters. The smallest absolute Gasteiger partial charge is 0.344 e. The zero-order chi connectivity index (χ0) is 22.9. The zero-order valence-electron chi connectivity index (χ0n) is 15.8. The highest BCUT2D eigenvalue weighted by molar-refractivity contribution is 6.34. The van der Waals surface area contributed by atoms with Crippen LogP contribution in [0, 0.1) is 21.4 Å². The Kier molecular flexibility index (Phi) is 6.06. The number of amides is 1. The normalized spacial score (nSPS) is 18.5. The van der Waals surface area contributed by atoms with Crippen molar-refractivity contribution in [1.29, 1.82) is 5.26 Å². The fourth-order valence-corrected chi connectivity index (χ4v) is 3.34. The third kappa shape index (κ3) is 4.70. The Labute approximate surface area is 178 Å². The first-order chi connectivity index (χ1) is 14.5. The van der Waals surface area contributed by atoms with E-state index in [1.807, 2.05) is 0 Å². The molecular weight excluding hydrogens is 441 g/mol. The van der Waals surface area contributed by atoms with Crippen molar-refractivity contribution in [3.05, 3.63) is 62.7 Å². The number of benzene rings is 2. The lowest BCUT2D eigenvalue weighted by Gasteiger charge is -2.23. The lowest BCUT2D eigenvalue weighted by molar-refractivity contribution is -0.384. The number of alkyl halides is 3. The second kappa shape index (κ2) is 8.41. The van der Waals surface area contributed by atoms with Gasteiger partial charge in [-0.15, -0.1) is 0 Å². The SMILES string of the molecule is C[C@H]1O[C@H](C(=O)Nc2ccc([N+](=O)[O-])cc2Cl)CN1c1ccc(C#N)c(C(F)(F)F)c1. The number of non-ortho nitro benzene ring substituents is 1. The molecular formula is C19H14ClF3N4O4. The summed E-state index contributed by atoms with van der Waals surface area (Å²) in [7, 11) is 0. The predicted molar refractivity (Wildman–Crippen MR) is 105 cm³/mol. The summed E-state index contributed by atoms with van der Waals surface area (Å²) in [4.78, 5) is 24.2. The maximum Gasteiger partial charge on any atom is 0.417 e. The number of nitrogens with zero attached hydrogens (tertiary/aromatic N) is 3. The minimum atomic E-state index is -4.71. The van der Waals surface area contributed by atoms with Crippen molar-refractivity contribution in [3.8, 4) is 6.07 Å². The van der Waals surface area contributed by atoms with Gasteiger partial charge in [-0.25, -0.2) is 0 Å². The molecule has 0 radical (unpaired) electrons. The van der Waals surface area contributed by atoms with Crippen LogP contribution in [0.5, 0.6) is 0 Å². The molecule has 2 aromatic carbocycles. The Balaban J connectivity index is 1.77. The molecule has 162 valence electrons. The first-order valence-corrected chi connectivity index (χ1v) is 9.17. The first-order valence-electron chi connectivity index (χ1n) is 8.79. The van der Waals surface area contributed by atoms with Gasteiger partial charge in [0.1, 0.15) is 6.23 Å². The average molecular weight is 455 g/mol. The number of nitriles is 1. The van der Waals surface area contributed by atoms with Gasteiger partial charge in [-0.1, -0.05) is 11.6 Å². The van der Waals surface area contributed by atoms with Crippen molar-refractivity contribution in [3.63, 3.8) is 0 Å². The van der Waals surface area contributed by atoms with Gasteiger partial charge >= 0.3 is 6.18 Å². The Morgan fingerprint density at radius 1 is 1.35 bits per heavy atom. The van der Waals surface area contributed by atoms with Gasteiger partial charge in [0.2, 0.25) is 0 Å². The van der Waals surface area contributed by atoms with Crippen LogP contribution < -0.4 is 10.2 Å². The van der Waals surface area contributed by atoms with Gasteiger partial charge in [-0.3, -0.25) is 14.9 Å². The summed E-state index contributed by atoms with van der Waals surface area (Å²) in [6, 6.07) is 8.28. The summed E-state index contributed by atoms with van der Waals surface area (Å²) in [5, 5.41) is 22.1. The molecule has 0 aliphatic carbocycles. The highest BCUT2D eigenvalue weighted by Gasteiger charge is 2.38. The second-order valence-electron chi connectivity index (χ2n) is 6.63. The summed E-state index contributed by atoms with van der Waals surface area (Å²) in [5.41, 5.74) is -1.57. The standard InChI is InChI=1S/C19H14ClF3N4O4/c1-10-26(12-3-2-11(8-24)14(6-12)19(21,22)23)9-17(31-10)18(28)25-16-5-4-13(27(29)30)7-15(16)20/h2-7,10,17H,9H2,1H3,(H,25,28)/t10-,17+/m1/s1. The predicted octanol–water partition coefficient (Wildman–Crippen LogP) is 4.33. The zero-order valence-corrected chi connectivity index (χ0v) is 16.6. The van der Waals surface area contributed by atoms with E-state index in [1.165, 1.54) is 29.2 Å². The number of anilines is 2. The van der Waals surface area contributed by atoms with Crippen LogP contribution in [0.3, 0.4) is 0 Å². The topological polar surface area (TPSA) is 108 Å². The fourth-order valence-electron chi connectivity index (χ4n) is 3.12. The molecule has 0 saturated carbocycles. The number of hydrogen-bond acceptors (Lipinski definition) is 6. The van der Waals surface area contributed by atoms with Crippen molar-refractivity contribution in [1.82, 2.24) is 0 Å². The van der Waals surface area contributed by atoms with Crippen LogP contribution >= 0.6 is 11.6 Å². The molecule has 1 saturated heterocycles. The molecule has 2 atom stereocenters. The van der Waals surface area contributed by atoms with Crippen molar-refractivity contribution < 1.29 is 27.6 Å². The number of carbonyl (C=O) groups is 1. The summed E-state index contributed by atoms with van der Waals surface area (Å²) in [6.45, 7) is 1.51. The Morgan fingerprint density at radius 3 is 2.65 bits per heavy atom. The number of carbonyl (C=O) groups excluding carboxylic acids is 1. The van der Waals surface area contributed by atoms with Gasteiger partial charge in [-0.05, 0) is 31.2 Å². The van der Waals surface area contributed by atoms with E-state index in [1.54, 1.807) is 6.92 Å². The van der Waals surface area contributed by atoms with Crippen LogP contribution in [0.4, 0.5) is 30.2 Å². The quantitative estimate of drug-likeness (QED) is 0.544. The summed E-state index contributed by atoms with van der Waals surface area (Å²) >= 11 is 5.96. The van der Waals surface area contributed by atoms with E-state index >= 15 is 0 Å². The summed E-state index contributed by atoms with van der Waals surface area (Å²) < 4.78 is 45.3. The van der Waals surface area contributed by atoms with Crippen LogP contribution in [0.15, 0.2) is 36.4 Å². The van der Waals surface area contributed by atoms with E-state index in [-0.39, 0.29) is 28.6 Å². The minimum absolute atomic E-state index is 0.0487. The second-order valence-corrected chi connectivity index (χ2v) is 7.03. The third-order valence-electron chi connectivity index (χ3n) is 4.64. The lowest BCUT2D eigenvalue weighted by atomic mass is 10.1. The fraction of sp³-hybridized carbons (Fsp3) is 0.263. The van der Waals surface area contributed by atoms with E-state index < -0.39 is 40.5 Å². The van der Waals surface area contributed by atoms with E-state index in [2.05, 4.69) is 5.32 Å². The molecule has 1 fully saturated rings. The molecule has 12 heteroatoms. The van der Waals surface area contributed by atoms with E-state index in [0.717, 1.165) is 18.2 Å². The highest BCUT2D eigenvalue weighted by Crippen LogP contribution is 2.36. The van der Waals surface area contributed by atoms with Crippen LogP contribution in [-0.2, 0) is 15.7 Å². The number of halogens is 4. The van der Waals surface area contributed by atoms with Gasteiger partial charge < -0.3 is 15.0 Å². The molecule has 1 heterocycles. The maximum atomic E-state index is 13.2. The lowest BCUT2D eigenvalue weighted by Crippen LogP contribution is -2.32. The molecule has 8 nitrogen and oxygen atoms in total. The molecule has 1 aliphatic rings. The Bertz CT molecular complexity index is 1090. The van der Waals surface area contributed by atoms with Gasteiger partial charge in [0, 0.05) is 17.8 Å². The molecule has 0 spiro atoms. The minimum Gasteiger partial charge on any atom is -0.344 e. The summed E-state index contributed by atoms with van der Waals surface area (Å²) in [5.74, 6) is -0.616. The van der Waals surface area contributed by atoms with Crippen LogP contribution in [0.25, 0.3) is 0 Å². The molecule has 0 bridgehead atoms. The number of rotatable bonds is 4. The molecule has 0 aromatic heterocycles. The molecule has 31 heavy (non-hydrogen) atoms. The molecule has 2 aromatic rings. The molecule has 3 rings (SSSR count). The third-order valence-corrected chi connectivity index (χ3v) is 4.95. The van der Waals surface area contributed by atoms with Crippen molar-refractivity contribution in [2.45, 2.75) is 25.4 Å². The largest absolute Gasteiger partial charge is 0.417 e. The average Bonchev–Trinajstić information content (AvgIpc) is 3.10. The Morgan fingerprint density at radius 2 is 2.06 bits per heavy atom. The van der Waals surface area contributed by atoms with E-state index in [0.29, 0.717) is 0 Å². The first kappa shape index (κ1) is 22.3. The number of nitro benzene ring substituents is 1. The van der Waals surface area contributed by atoms with Crippen LogP contribution in [0.1, 0.15) is 18.1 Å². The van der Waals surface area contributed by atoms with Crippen molar-refractivity contribution in [2.75, 3.05) is 16.8 Å². The number of nitrogens with one attached hydrogen (secondary N) is 1. The van der Waals surface area contributed by atoms with E-state index in [9.17, 15) is 28.1 Å². The molecule has 1 aliphatic heterocycles. The Hall–Kier alpha value is -3.36. The molecule has 1 N–H and O–H groups in total. The van der Waals surface area contributed by atoms with Crippen molar-refractivity contribution in [2.24, 2.45) is 0 Å². The number of ether oxygens (including phenoxy) is 1. The van der Waals surface area contributed by atoms with Gasteiger partial charge in [0.15, 0.2) is 6.10 Å². The van der Waals surface area contributed by atoms with Crippen LogP contribution in [0.2, 0.25) is 5.02 Å². The monoisotopic (exact) mass is 454 g/mol. The summed E-state index contributed by atoms with van der Waals surface area (Å²) in [6.07, 6.45) is -6.47. The number of hydrogen-bond donors (Lipinski definition) is 1. The van der Waals surface area contributed by atoms with Gasteiger partial charge in [-0.2, -0.15) is 18.4 Å². The van der Waals surface area contributed by atoms with Gasteiger partial charge in [0.05, 0.1) is 39.4 Å². The molecule has 1 amide bonds.